The Labute approximate surface area is 148 Å². The Morgan fingerprint density at radius 1 is 1.32 bits per heavy atom. The van der Waals surface area contributed by atoms with Gasteiger partial charge in [0, 0.05) is 17.5 Å². The summed E-state index contributed by atoms with van der Waals surface area (Å²) in [6.07, 6.45) is 4.37. The Morgan fingerprint density at radius 2 is 2.00 bits per heavy atom. The van der Waals surface area contributed by atoms with Gasteiger partial charge in [-0.3, -0.25) is 9.69 Å². The lowest BCUT2D eigenvalue weighted by Gasteiger charge is -2.24. The number of carbonyl (C=O) groups is 2. The Balaban J connectivity index is 1.96. The molecule has 6 heteroatoms. The van der Waals surface area contributed by atoms with E-state index in [1.807, 2.05) is 6.07 Å². The lowest BCUT2D eigenvalue weighted by atomic mass is 10.0. The summed E-state index contributed by atoms with van der Waals surface area (Å²) < 4.78 is 5.89. The van der Waals surface area contributed by atoms with Crippen LogP contribution in [0.2, 0.25) is 0 Å². The van der Waals surface area contributed by atoms with Gasteiger partial charge in [-0.15, -0.1) is 0 Å². The van der Waals surface area contributed by atoms with Gasteiger partial charge in [-0.25, -0.2) is 4.79 Å². The Morgan fingerprint density at radius 3 is 2.56 bits per heavy atom. The highest BCUT2D eigenvalue weighted by molar-refractivity contribution is 5.95. The van der Waals surface area contributed by atoms with Crippen LogP contribution in [0.1, 0.15) is 37.0 Å². The van der Waals surface area contributed by atoms with Crippen LogP contribution in [-0.4, -0.2) is 29.2 Å². The van der Waals surface area contributed by atoms with Gasteiger partial charge in [0.1, 0.15) is 6.23 Å². The number of urea groups is 1. The van der Waals surface area contributed by atoms with Gasteiger partial charge in [0.15, 0.2) is 0 Å². The van der Waals surface area contributed by atoms with Gasteiger partial charge in [-0.2, -0.15) is 0 Å². The lowest BCUT2D eigenvalue weighted by Crippen LogP contribution is -2.40. The Bertz CT molecular complexity index is 655. The van der Waals surface area contributed by atoms with Crippen LogP contribution in [0.15, 0.2) is 54.9 Å². The molecule has 1 aliphatic rings. The van der Waals surface area contributed by atoms with Gasteiger partial charge in [-0.05, 0) is 37.0 Å². The van der Waals surface area contributed by atoms with Crippen molar-refractivity contribution in [1.82, 2.24) is 10.2 Å². The molecule has 2 rings (SSSR count). The number of rotatable bonds is 6. The number of nitrogens with one attached hydrogen (secondary N) is 1. The number of benzene rings is 1. The van der Waals surface area contributed by atoms with E-state index in [-0.39, 0.29) is 12.0 Å². The van der Waals surface area contributed by atoms with Crippen molar-refractivity contribution in [2.24, 2.45) is 11.7 Å². The first kappa shape index (κ1) is 18.7. The summed E-state index contributed by atoms with van der Waals surface area (Å²) in [6, 6.07) is 8.21. The summed E-state index contributed by atoms with van der Waals surface area (Å²) in [6.45, 7) is 7.95. The van der Waals surface area contributed by atoms with Crippen molar-refractivity contribution >= 4 is 11.9 Å². The molecule has 2 unspecified atom stereocenters. The van der Waals surface area contributed by atoms with E-state index in [0.717, 1.165) is 12.8 Å². The molecule has 3 amide bonds. The molecule has 0 aliphatic carbocycles. The maximum Gasteiger partial charge on any atom is 0.320 e. The highest BCUT2D eigenvalue weighted by Gasteiger charge is 2.32. The fourth-order valence-electron chi connectivity index (χ4n) is 2.67. The highest BCUT2D eigenvalue weighted by Crippen LogP contribution is 2.27. The summed E-state index contributed by atoms with van der Waals surface area (Å²) >= 11 is 0. The molecule has 1 saturated heterocycles. The van der Waals surface area contributed by atoms with Crippen molar-refractivity contribution in [2.45, 2.75) is 39.0 Å². The lowest BCUT2D eigenvalue weighted by molar-refractivity contribution is -0.0321. The average Bonchev–Trinajstić information content (AvgIpc) is 3.05. The molecule has 1 fully saturated rings. The van der Waals surface area contributed by atoms with Crippen molar-refractivity contribution in [1.29, 1.82) is 0 Å². The summed E-state index contributed by atoms with van der Waals surface area (Å²) in [4.78, 5) is 25.1. The highest BCUT2D eigenvalue weighted by atomic mass is 16.5. The van der Waals surface area contributed by atoms with Crippen molar-refractivity contribution in [3.63, 3.8) is 0 Å². The molecule has 1 heterocycles. The second-order valence-electron chi connectivity index (χ2n) is 6.36. The molecule has 25 heavy (non-hydrogen) atoms. The first-order valence-electron chi connectivity index (χ1n) is 8.35. The van der Waals surface area contributed by atoms with Crippen LogP contribution in [0.3, 0.4) is 0 Å². The summed E-state index contributed by atoms with van der Waals surface area (Å²) in [7, 11) is 0. The Kier molecular flexibility index (Phi) is 6.36. The van der Waals surface area contributed by atoms with E-state index in [9.17, 15) is 9.59 Å². The van der Waals surface area contributed by atoms with E-state index >= 15 is 0 Å². The molecular weight excluding hydrogens is 318 g/mol. The smallest absolute Gasteiger partial charge is 0.320 e. The molecule has 1 aromatic carbocycles. The van der Waals surface area contributed by atoms with E-state index in [1.165, 1.54) is 17.2 Å². The normalized spacial score (nSPS) is 20.0. The minimum Gasteiger partial charge on any atom is -0.354 e. The van der Waals surface area contributed by atoms with Crippen LogP contribution in [0, 0.1) is 5.92 Å². The van der Waals surface area contributed by atoms with Gasteiger partial charge >= 0.3 is 6.03 Å². The molecule has 0 aromatic heterocycles. The second kappa shape index (κ2) is 8.48. The second-order valence-corrected chi connectivity index (χ2v) is 6.36. The number of amides is 3. The van der Waals surface area contributed by atoms with Crippen LogP contribution in [-0.2, 0) is 4.74 Å². The molecule has 1 aromatic rings. The van der Waals surface area contributed by atoms with Crippen LogP contribution >= 0.6 is 0 Å². The third kappa shape index (κ3) is 5.19. The summed E-state index contributed by atoms with van der Waals surface area (Å²) in [5, 5.41) is 2.67. The van der Waals surface area contributed by atoms with E-state index in [4.69, 9.17) is 10.5 Å². The molecule has 0 saturated carbocycles. The van der Waals surface area contributed by atoms with E-state index in [2.05, 4.69) is 25.7 Å². The van der Waals surface area contributed by atoms with Gasteiger partial charge < -0.3 is 15.8 Å². The maximum atomic E-state index is 12.1. The largest absolute Gasteiger partial charge is 0.354 e. The molecule has 6 nitrogen and oxygen atoms in total. The minimum atomic E-state index is -0.604. The van der Waals surface area contributed by atoms with Gasteiger partial charge in [-0.1, -0.05) is 38.6 Å². The third-order valence-corrected chi connectivity index (χ3v) is 4.08. The molecule has 134 valence electrons. The predicted molar refractivity (Wildman–Crippen MR) is 96.3 cm³/mol. The molecule has 0 radical (unpaired) electrons. The van der Waals surface area contributed by atoms with Crippen LogP contribution in [0.5, 0.6) is 0 Å². The zero-order valence-electron chi connectivity index (χ0n) is 14.6. The molecule has 1 aliphatic heterocycles. The first-order chi connectivity index (χ1) is 11.9. The van der Waals surface area contributed by atoms with Gasteiger partial charge in [0.05, 0.1) is 6.10 Å². The molecule has 0 bridgehead atoms. The topological polar surface area (TPSA) is 84.7 Å². The van der Waals surface area contributed by atoms with Crippen LogP contribution in [0.4, 0.5) is 4.79 Å². The molecule has 2 atom stereocenters. The van der Waals surface area contributed by atoms with E-state index in [0.29, 0.717) is 17.2 Å². The standard InChI is InChI=1S/C19H25N3O3/c1-13(2)16-9-10-17(25-16)22(19(20)24)12-11-14(3)21-18(23)15-7-5-4-6-8-15/h4-8,11-13,16-17H,3,9-10H2,1-2H3,(H2,20,24)(H,21,23)/b12-11-. The number of ether oxygens (including phenoxy) is 1. The van der Waals surface area contributed by atoms with Crippen molar-refractivity contribution < 1.29 is 14.3 Å². The fourth-order valence-corrected chi connectivity index (χ4v) is 2.67. The quantitative estimate of drug-likeness (QED) is 0.779. The van der Waals surface area contributed by atoms with Gasteiger partial charge in [0.25, 0.3) is 5.91 Å². The molecular formula is C19H25N3O3. The van der Waals surface area contributed by atoms with Gasteiger partial charge in [0.2, 0.25) is 0 Å². The summed E-state index contributed by atoms with van der Waals surface area (Å²) in [5.74, 6) is 0.113. The number of carbonyl (C=O) groups excluding carboxylic acids is 2. The van der Waals surface area contributed by atoms with Crippen molar-refractivity contribution in [3.8, 4) is 0 Å². The van der Waals surface area contributed by atoms with E-state index < -0.39 is 12.3 Å². The summed E-state index contributed by atoms with van der Waals surface area (Å²) in [5.41, 5.74) is 6.35. The number of primary amides is 1. The number of hydrogen-bond donors (Lipinski definition) is 2. The number of nitrogens with zero attached hydrogens (tertiary/aromatic N) is 1. The SMILES string of the molecule is C=C(/C=C\N(C(N)=O)C1CCC(C(C)C)O1)NC(=O)c1ccccc1. The van der Waals surface area contributed by atoms with Crippen LogP contribution in [0.25, 0.3) is 0 Å². The monoisotopic (exact) mass is 343 g/mol. The Hall–Kier alpha value is -2.60. The molecule has 0 spiro atoms. The number of nitrogens with two attached hydrogens (primary N) is 1. The third-order valence-electron chi connectivity index (χ3n) is 4.08. The average molecular weight is 343 g/mol. The zero-order chi connectivity index (χ0) is 18.4. The number of hydrogen-bond acceptors (Lipinski definition) is 3. The first-order valence-corrected chi connectivity index (χ1v) is 8.35. The van der Waals surface area contributed by atoms with E-state index in [1.54, 1.807) is 24.3 Å². The maximum absolute atomic E-state index is 12.1. The van der Waals surface area contributed by atoms with Crippen molar-refractivity contribution in [2.75, 3.05) is 0 Å². The fraction of sp³-hybridized carbons (Fsp3) is 0.368. The van der Waals surface area contributed by atoms with Crippen molar-refractivity contribution in [3.05, 3.63) is 60.4 Å². The predicted octanol–water partition coefficient (Wildman–Crippen LogP) is 2.99. The molecule has 3 N–H and O–H groups in total. The minimum absolute atomic E-state index is 0.112. The number of allylic oxidation sites excluding steroid dienone is 1. The zero-order valence-corrected chi connectivity index (χ0v) is 14.6. The van der Waals surface area contributed by atoms with Crippen LogP contribution < -0.4 is 11.1 Å².